The van der Waals surface area contributed by atoms with Crippen LogP contribution >= 0.6 is 0 Å². The molecule has 1 aliphatic heterocycles. The Hall–Kier alpha value is -2.19. The molecule has 1 N–H and O–H groups in total. The Morgan fingerprint density at radius 3 is 3.04 bits per heavy atom. The third-order valence-corrected chi connectivity index (χ3v) is 3.64. The molecule has 1 saturated heterocycles. The van der Waals surface area contributed by atoms with E-state index in [0.29, 0.717) is 37.8 Å². The van der Waals surface area contributed by atoms with Crippen LogP contribution in [0.5, 0.6) is 0 Å². The van der Waals surface area contributed by atoms with Crippen LogP contribution in [0.3, 0.4) is 0 Å². The van der Waals surface area contributed by atoms with Gasteiger partial charge in [-0.1, -0.05) is 5.16 Å². The fourth-order valence-corrected chi connectivity index (χ4v) is 2.62. The minimum atomic E-state index is -0.103. The molecule has 8 heteroatoms. The van der Waals surface area contributed by atoms with Gasteiger partial charge in [0.05, 0.1) is 32.0 Å². The summed E-state index contributed by atoms with van der Waals surface area (Å²) in [7, 11) is 0. The Bertz CT molecular complexity index is 666. The van der Waals surface area contributed by atoms with Gasteiger partial charge in [0.15, 0.2) is 5.82 Å². The van der Waals surface area contributed by atoms with Crippen molar-refractivity contribution in [3.63, 3.8) is 0 Å². The van der Waals surface area contributed by atoms with E-state index in [9.17, 15) is 4.79 Å². The van der Waals surface area contributed by atoms with Gasteiger partial charge < -0.3 is 14.6 Å². The maximum Gasteiger partial charge on any atom is 0.239 e. The number of aryl methyl sites for hydroxylation is 2. The van der Waals surface area contributed by atoms with Gasteiger partial charge in [0.1, 0.15) is 5.76 Å². The third-order valence-electron chi connectivity index (χ3n) is 3.64. The van der Waals surface area contributed by atoms with E-state index in [1.54, 1.807) is 13.0 Å². The van der Waals surface area contributed by atoms with E-state index in [0.717, 1.165) is 12.1 Å². The Morgan fingerprint density at radius 1 is 1.48 bits per heavy atom. The van der Waals surface area contributed by atoms with Crippen molar-refractivity contribution in [1.82, 2.24) is 19.8 Å². The van der Waals surface area contributed by atoms with Crippen molar-refractivity contribution < 1.29 is 14.1 Å². The zero-order valence-corrected chi connectivity index (χ0v) is 13.4. The normalized spacial score (nSPS) is 19.0. The molecule has 124 valence electrons. The first-order valence-electron chi connectivity index (χ1n) is 7.64. The van der Waals surface area contributed by atoms with Gasteiger partial charge in [0.2, 0.25) is 5.91 Å². The van der Waals surface area contributed by atoms with Crippen LogP contribution in [0, 0.1) is 13.8 Å². The highest BCUT2D eigenvalue weighted by Crippen LogP contribution is 2.10. The van der Waals surface area contributed by atoms with Crippen LogP contribution < -0.4 is 5.32 Å². The maximum atomic E-state index is 12.1. The first-order valence-corrected chi connectivity index (χ1v) is 7.64. The van der Waals surface area contributed by atoms with Gasteiger partial charge in [-0.15, -0.1) is 0 Å². The number of carbonyl (C=O) groups excluding carboxylic acids is 1. The molecule has 0 spiro atoms. The van der Waals surface area contributed by atoms with Gasteiger partial charge in [-0.05, 0) is 19.4 Å². The number of carbonyl (C=O) groups is 1. The Morgan fingerprint density at radius 2 is 2.35 bits per heavy atom. The van der Waals surface area contributed by atoms with E-state index in [1.807, 2.05) is 24.0 Å². The number of hydrogen-bond acceptors (Lipinski definition) is 6. The second-order valence-corrected chi connectivity index (χ2v) is 5.84. The van der Waals surface area contributed by atoms with Crippen molar-refractivity contribution in [1.29, 1.82) is 0 Å². The molecule has 1 amide bonds. The van der Waals surface area contributed by atoms with Crippen molar-refractivity contribution in [2.75, 3.05) is 31.6 Å². The number of rotatable bonds is 5. The number of nitrogens with zero attached hydrogens (tertiary/aromatic N) is 4. The quantitative estimate of drug-likeness (QED) is 0.878. The molecule has 0 unspecified atom stereocenters. The molecular formula is C15H21N5O3. The monoisotopic (exact) mass is 319 g/mol. The van der Waals surface area contributed by atoms with Crippen LogP contribution in [0.2, 0.25) is 0 Å². The van der Waals surface area contributed by atoms with Crippen molar-refractivity contribution in [3.8, 4) is 0 Å². The summed E-state index contributed by atoms with van der Waals surface area (Å²) in [5.41, 5.74) is 1.12. The van der Waals surface area contributed by atoms with Crippen molar-refractivity contribution in [2.45, 2.75) is 26.5 Å². The Balaban J connectivity index is 1.49. The molecule has 0 aliphatic carbocycles. The zero-order valence-electron chi connectivity index (χ0n) is 13.4. The average Bonchev–Trinajstić information content (AvgIpc) is 3.08. The number of hydrogen-bond donors (Lipinski definition) is 1. The van der Waals surface area contributed by atoms with Crippen LogP contribution in [0.15, 0.2) is 23.0 Å². The smallest absolute Gasteiger partial charge is 0.239 e. The topological polar surface area (TPSA) is 85.4 Å². The third kappa shape index (κ3) is 4.40. The predicted molar refractivity (Wildman–Crippen MR) is 83.0 cm³/mol. The summed E-state index contributed by atoms with van der Waals surface area (Å²) < 4.78 is 12.6. The van der Waals surface area contributed by atoms with Crippen LogP contribution in [-0.2, 0) is 16.1 Å². The second-order valence-electron chi connectivity index (χ2n) is 5.84. The highest BCUT2D eigenvalue weighted by molar-refractivity contribution is 5.91. The standard InChI is InChI=1S/C15H21N5O3/c1-11-6-16-20(7-11)9-13-8-19(3-4-22-13)10-15(21)17-14-5-12(2)23-18-14/h5-7,13H,3-4,8-10H2,1-2H3,(H,17,18,21)/t13-/m1/s1. The number of nitrogens with one attached hydrogen (secondary N) is 1. The first kappa shape index (κ1) is 15.7. The number of aromatic nitrogens is 3. The summed E-state index contributed by atoms with van der Waals surface area (Å²) in [6, 6.07) is 1.69. The molecule has 0 saturated carbocycles. The van der Waals surface area contributed by atoms with E-state index in [1.165, 1.54) is 0 Å². The van der Waals surface area contributed by atoms with E-state index >= 15 is 0 Å². The Labute approximate surface area is 134 Å². The Kier molecular flexibility index (Phi) is 4.73. The molecule has 2 aromatic heterocycles. The van der Waals surface area contributed by atoms with Crippen molar-refractivity contribution >= 4 is 11.7 Å². The molecule has 8 nitrogen and oxygen atoms in total. The van der Waals surface area contributed by atoms with Crippen molar-refractivity contribution in [3.05, 3.63) is 29.8 Å². The van der Waals surface area contributed by atoms with Gasteiger partial charge >= 0.3 is 0 Å². The lowest BCUT2D eigenvalue weighted by molar-refractivity contribution is -0.119. The van der Waals surface area contributed by atoms with E-state index in [-0.39, 0.29) is 12.0 Å². The molecule has 3 rings (SSSR count). The number of ether oxygens (including phenoxy) is 1. The van der Waals surface area contributed by atoms with Crippen LogP contribution in [0.25, 0.3) is 0 Å². The molecule has 2 aromatic rings. The first-order chi connectivity index (χ1) is 11.1. The second kappa shape index (κ2) is 6.93. The highest BCUT2D eigenvalue weighted by Gasteiger charge is 2.23. The minimum Gasteiger partial charge on any atom is -0.374 e. The number of morpholine rings is 1. The number of anilines is 1. The lowest BCUT2D eigenvalue weighted by Crippen LogP contribution is -2.47. The van der Waals surface area contributed by atoms with Crippen LogP contribution in [0.4, 0.5) is 5.82 Å². The number of amides is 1. The molecular weight excluding hydrogens is 298 g/mol. The van der Waals surface area contributed by atoms with Gasteiger partial charge in [-0.3, -0.25) is 14.4 Å². The van der Waals surface area contributed by atoms with E-state index in [2.05, 4.69) is 20.5 Å². The molecule has 1 aliphatic rings. The molecule has 3 heterocycles. The zero-order chi connectivity index (χ0) is 16.2. The molecule has 1 fully saturated rings. The molecule has 1 atom stereocenters. The summed E-state index contributed by atoms with van der Waals surface area (Å²) in [6.45, 7) is 6.84. The summed E-state index contributed by atoms with van der Waals surface area (Å²) in [5, 5.41) is 10.8. The minimum absolute atomic E-state index is 0.0325. The lowest BCUT2D eigenvalue weighted by Gasteiger charge is -2.32. The van der Waals surface area contributed by atoms with E-state index < -0.39 is 0 Å². The van der Waals surface area contributed by atoms with Crippen LogP contribution in [0.1, 0.15) is 11.3 Å². The van der Waals surface area contributed by atoms with Gasteiger partial charge in [0.25, 0.3) is 0 Å². The molecule has 0 radical (unpaired) electrons. The fourth-order valence-electron chi connectivity index (χ4n) is 2.62. The summed E-state index contributed by atoms with van der Waals surface area (Å²) in [5.74, 6) is 1.01. The van der Waals surface area contributed by atoms with Gasteiger partial charge in [0, 0.05) is 25.4 Å². The average molecular weight is 319 g/mol. The highest BCUT2D eigenvalue weighted by atomic mass is 16.5. The summed E-state index contributed by atoms with van der Waals surface area (Å²) >= 11 is 0. The molecule has 0 bridgehead atoms. The van der Waals surface area contributed by atoms with Crippen LogP contribution in [-0.4, -0.2) is 58.1 Å². The predicted octanol–water partition coefficient (Wildman–Crippen LogP) is 0.827. The SMILES string of the molecule is Cc1cnn(C[C@H]2CN(CC(=O)Nc3cc(C)on3)CCO2)c1. The van der Waals surface area contributed by atoms with E-state index in [4.69, 9.17) is 9.26 Å². The van der Waals surface area contributed by atoms with Gasteiger partial charge in [-0.25, -0.2) is 0 Å². The molecule has 0 aromatic carbocycles. The summed E-state index contributed by atoms with van der Waals surface area (Å²) in [6.07, 6.45) is 3.85. The lowest BCUT2D eigenvalue weighted by atomic mass is 10.2. The van der Waals surface area contributed by atoms with Crippen molar-refractivity contribution in [2.24, 2.45) is 0 Å². The molecule has 23 heavy (non-hydrogen) atoms. The maximum absolute atomic E-state index is 12.1. The van der Waals surface area contributed by atoms with Gasteiger partial charge in [-0.2, -0.15) is 5.10 Å². The largest absolute Gasteiger partial charge is 0.374 e. The fraction of sp³-hybridized carbons (Fsp3) is 0.533. The summed E-state index contributed by atoms with van der Waals surface area (Å²) in [4.78, 5) is 14.1.